The first-order valence-electron chi connectivity index (χ1n) is 2.70. The van der Waals surface area contributed by atoms with Crippen molar-refractivity contribution in [1.82, 2.24) is 9.97 Å². The van der Waals surface area contributed by atoms with Crippen LogP contribution in [0.15, 0.2) is 0 Å². The van der Waals surface area contributed by atoms with Gasteiger partial charge in [-0.1, -0.05) is 0 Å². The molecule has 1 aromatic rings. The summed E-state index contributed by atoms with van der Waals surface area (Å²) in [5, 5.41) is 0. The van der Waals surface area contributed by atoms with Crippen molar-refractivity contribution in [1.29, 1.82) is 0 Å². The molecule has 0 aliphatic heterocycles. The zero-order chi connectivity index (χ0) is 6.15. The van der Waals surface area contributed by atoms with Gasteiger partial charge in [-0.05, 0) is 20.8 Å². The highest BCUT2D eigenvalue weighted by Gasteiger charge is 1.93. The molecule has 0 radical (unpaired) electrons. The van der Waals surface area contributed by atoms with E-state index in [9.17, 15) is 0 Å². The van der Waals surface area contributed by atoms with Gasteiger partial charge in [-0.3, -0.25) is 0 Å². The van der Waals surface area contributed by atoms with Crippen LogP contribution in [0, 0.1) is 20.8 Å². The lowest BCUT2D eigenvalue weighted by atomic mass is 10.4. The third-order valence-electron chi connectivity index (χ3n) is 1.25. The molecule has 1 rings (SSSR count). The minimum atomic E-state index is 0. The van der Waals surface area contributed by atoms with Crippen LogP contribution in [0.1, 0.15) is 17.2 Å². The molecule has 2 nitrogen and oxygen atoms in total. The van der Waals surface area contributed by atoms with Gasteiger partial charge in [0.2, 0.25) is 0 Å². The Morgan fingerprint density at radius 1 is 1.22 bits per heavy atom. The fourth-order valence-electron chi connectivity index (χ4n) is 0.725. The number of nitrogens with one attached hydrogen (secondary N) is 1. The van der Waals surface area contributed by atoms with Gasteiger partial charge in [-0.2, -0.15) is 0 Å². The molecule has 1 N–H and O–H groups in total. The Morgan fingerprint density at radius 2 is 1.78 bits per heavy atom. The van der Waals surface area contributed by atoms with Crippen molar-refractivity contribution in [2.45, 2.75) is 20.8 Å². The summed E-state index contributed by atoms with van der Waals surface area (Å²) in [5.74, 6) is 1.00. The van der Waals surface area contributed by atoms with Gasteiger partial charge >= 0.3 is 0 Å². The number of halogens is 1. The SMILES string of the molecule is Cc1nc(C)c(C)[nH]1.I. The number of aryl methyl sites for hydroxylation is 3. The highest BCUT2D eigenvalue weighted by Crippen LogP contribution is 1.99. The van der Waals surface area contributed by atoms with Crippen molar-refractivity contribution >= 4 is 24.0 Å². The van der Waals surface area contributed by atoms with Crippen LogP contribution < -0.4 is 0 Å². The first kappa shape index (κ1) is 8.94. The number of hydrogen-bond acceptors (Lipinski definition) is 1. The second kappa shape index (κ2) is 3.20. The summed E-state index contributed by atoms with van der Waals surface area (Å²) >= 11 is 0. The van der Waals surface area contributed by atoms with Crippen molar-refractivity contribution in [2.75, 3.05) is 0 Å². The molecule has 0 fully saturated rings. The van der Waals surface area contributed by atoms with Crippen molar-refractivity contribution in [3.63, 3.8) is 0 Å². The number of hydrogen-bond donors (Lipinski definition) is 1. The number of imidazole rings is 1. The average Bonchev–Trinajstić information content (AvgIpc) is 1.85. The maximum absolute atomic E-state index is 4.16. The van der Waals surface area contributed by atoms with Gasteiger partial charge in [0.15, 0.2) is 0 Å². The Kier molecular flexibility index (Phi) is 3.17. The largest absolute Gasteiger partial charge is 0.346 e. The summed E-state index contributed by atoms with van der Waals surface area (Å²) < 4.78 is 0. The van der Waals surface area contributed by atoms with E-state index in [-0.39, 0.29) is 24.0 Å². The van der Waals surface area contributed by atoms with E-state index in [4.69, 9.17) is 0 Å². The molecule has 0 amide bonds. The monoisotopic (exact) mass is 238 g/mol. The van der Waals surface area contributed by atoms with E-state index in [1.165, 1.54) is 5.69 Å². The van der Waals surface area contributed by atoms with Crippen molar-refractivity contribution in [3.05, 3.63) is 17.2 Å². The number of nitrogens with zero attached hydrogens (tertiary/aromatic N) is 1. The van der Waals surface area contributed by atoms with Crippen LogP contribution in [0.3, 0.4) is 0 Å². The minimum Gasteiger partial charge on any atom is -0.346 e. The number of rotatable bonds is 0. The van der Waals surface area contributed by atoms with Crippen LogP contribution in [-0.4, -0.2) is 9.97 Å². The molecule has 0 bridgehead atoms. The Hall–Kier alpha value is -0.0600. The normalized spacial score (nSPS) is 8.78. The van der Waals surface area contributed by atoms with Gasteiger partial charge < -0.3 is 4.98 Å². The molecular formula is C6H11IN2. The van der Waals surface area contributed by atoms with Crippen LogP contribution in [0.5, 0.6) is 0 Å². The average molecular weight is 238 g/mol. The number of aromatic nitrogens is 2. The van der Waals surface area contributed by atoms with E-state index in [0.717, 1.165) is 11.5 Å². The van der Waals surface area contributed by atoms with Crippen LogP contribution >= 0.6 is 24.0 Å². The summed E-state index contributed by atoms with van der Waals surface area (Å²) in [6, 6.07) is 0. The third kappa shape index (κ3) is 1.97. The molecule has 3 heteroatoms. The third-order valence-corrected chi connectivity index (χ3v) is 1.25. The molecular weight excluding hydrogens is 227 g/mol. The van der Waals surface area contributed by atoms with Crippen molar-refractivity contribution in [3.8, 4) is 0 Å². The maximum atomic E-state index is 4.16. The summed E-state index contributed by atoms with van der Waals surface area (Å²) in [6.07, 6.45) is 0. The Labute approximate surface area is 72.1 Å². The van der Waals surface area contributed by atoms with E-state index in [2.05, 4.69) is 9.97 Å². The Morgan fingerprint density at radius 3 is 1.89 bits per heavy atom. The molecule has 1 aromatic heterocycles. The first-order chi connectivity index (χ1) is 3.70. The quantitative estimate of drug-likeness (QED) is 0.687. The van der Waals surface area contributed by atoms with E-state index >= 15 is 0 Å². The molecule has 0 aliphatic carbocycles. The Balaban J connectivity index is 0.000000640. The van der Waals surface area contributed by atoms with Crippen LogP contribution in [-0.2, 0) is 0 Å². The molecule has 1 heterocycles. The van der Waals surface area contributed by atoms with Crippen molar-refractivity contribution < 1.29 is 0 Å². The fourth-order valence-corrected chi connectivity index (χ4v) is 0.725. The maximum Gasteiger partial charge on any atom is 0.103 e. The molecule has 0 saturated carbocycles. The predicted octanol–water partition coefficient (Wildman–Crippen LogP) is 1.95. The Bertz CT molecular complexity index is 173. The smallest absolute Gasteiger partial charge is 0.103 e. The second-order valence-corrected chi connectivity index (χ2v) is 2.03. The van der Waals surface area contributed by atoms with Gasteiger partial charge in [-0.25, -0.2) is 4.98 Å². The number of aromatic amines is 1. The van der Waals surface area contributed by atoms with Gasteiger partial charge in [0, 0.05) is 5.69 Å². The van der Waals surface area contributed by atoms with E-state index in [0.29, 0.717) is 0 Å². The molecule has 0 spiro atoms. The number of H-pyrrole nitrogens is 1. The lowest BCUT2D eigenvalue weighted by molar-refractivity contribution is 1.12. The molecule has 0 unspecified atom stereocenters. The van der Waals surface area contributed by atoms with Crippen LogP contribution in [0.2, 0.25) is 0 Å². The lowest BCUT2D eigenvalue weighted by Crippen LogP contribution is -1.71. The highest BCUT2D eigenvalue weighted by atomic mass is 127. The van der Waals surface area contributed by atoms with Crippen LogP contribution in [0.25, 0.3) is 0 Å². The minimum absolute atomic E-state index is 0. The van der Waals surface area contributed by atoms with Crippen molar-refractivity contribution in [2.24, 2.45) is 0 Å². The molecule has 0 atom stereocenters. The van der Waals surface area contributed by atoms with E-state index < -0.39 is 0 Å². The standard InChI is InChI=1S/C6H10N2.HI/c1-4-5(2)8-6(3)7-4;/h1-3H3,(H,7,8);1H. The molecule has 9 heavy (non-hydrogen) atoms. The lowest BCUT2D eigenvalue weighted by Gasteiger charge is -1.79. The topological polar surface area (TPSA) is 28.7 Å². The molecule has 52 valence electrons. The molecule has 0 saturated heterocycles. The molecule has 0 aliphatic rings. The fraction of sp³-hybridized carbons (Fsp3) is 0.500. The predicted molar refractivity (Wildman–Crippen MR) is 48.2 cm³/mol. The van der Waals surface area contributed by atoms with Gasteiger partial charge in [0.05, 0.1) is 5.69 Å². The van der Waals surface area contributed by atoms with Gasteiger partial charge in [0.1, 0.15) is 5.82 Å². The van der Waals surface area contributed by atoms with Gasteiger partial charge in [-0.15, -0.1) is 24.0 Å². The summed E-state index contributed by atoms with van der Waals surface area (Å²) in [4.78, 5) is 7.25. The van der Waals surface area contributed by atoms with Gasteiger partial charge in [0.25, 0.3) is 0 Å². The highest BCUT2D eigenvalue weighted by molar-refractivity contribution is 14.0. The zero-order valence-corrected chi connectivity index (χ0v) is 8.19. The molecule has 0 aromatic carbocycles. The van der Waals surface area contributed by atoms with E-state index in [1.807, 2.05) is 20.8 Å². The summed E-state index contributed by atoms with van der Waals surface area (Å²) in [5.41, 5.74) is 2.27. The summed E-state index contributed by atoms with van der Waals surface area (Å²) in [6.45, 7) is 5.98. The summed E-state index contributed by atoms with van der Waals surface area (Å²) in [7, 11) is 0. The van der Waals surface area contributed by atoms with E-state index in [1.54, 1.807) is 0 Å². The zero-order valence-electron chi connectivity index (χ0n) is 5.86. The first-order valence-corrected chi connectivity index (χ1v) is 2.70. The van der Waals surface area contributed by atoms with Crippen LogP contribution in [0.4, 0.5) is 0 Å². The second-order valence-electron chi connectivity index (χ2n) is 2.03.